The maximum absolute atomic E-state index is 13.1. The molecule has 0 aliphatic rings. The Hall–Kier alpha value is -3.25. The normalized spacial score (nSPS) is 13.7. The molecule has 3 amide bonds. The average Bonchev–Trinajstić information content (AvgIpc) is 2.83. The van der Waals surface area contributed by atoms with Crippen molar-refractivity contribution in [1.29, 1.82) is 5.41 Å². The molecule has 0 radical (unpaired) electrons. The number of carbonyl (C=O) groups is 4. The molecule has 1 rings (SSSR count). The van der Waals surface area contributed by atoms with Gasteiger partial charge in [-0.3, -0.25) is 25.1 Å². The van der Waals surface area contributed by atoms with Crippen LogP contribution in [0.1, 0.15) is 107 Å². The zero-order valence-corrected chi connectivity index (χ0v) is 31.9. The topological polar surface area (TPSA) is 156 Å². The van der Waals surface area contributed by atoms with Gasteiger partial charge in [0.15, 0.2) is 8.32 Å². The molecule has 4 N–H and O–H groups in total. The van der Waals surface area contributed by atoms with Crippen LogP contribution < -0.4 is 16.0 Å². The number of rotatable bonds is 14. The summed E-state index contributed by atoms with van der Waals surface area (Å²) in [6, 6.07) is 6.23. The molecule has 1 aromatic rings. The summed E-state index contributed by atoms with van der Waals surface area (Å²) in [6.45, 7) is 25.4. The van der Waals surface area contributed by atoms with E-state index in [0.717, 1.165) is 5.56 Å². The number of ether oxygens (including phenoxy) is 2. The second-order valence-corrected chi connectivity index (χ2v) is 20.8. The van der Waals surface area contributed by atoms with Gasteiger partial charge in [-0.25, -0.2) is 4.79 Å². The zero-order valence-electron chi connectivity index (χ0n) is 30.9. The van der Waals surface area contributed by atoms with Gasteiger partial charge in [-0.2, -0.15) is 0 Å². The molecule has 0 saturated heterocycles. The summed E-state index contributed by atoms with van der Waals surface area (Å²) in [5.41, 5.74) is -0.154. The number of hydrogen-bond acceptors (Lipinski definition) is 8. The van der Waals surface area contributed by atoms with Crippen LogP contribution >= 0.6 is 0 Å². The molecular weight excluding hydrogens is 616 g/mol. The summed E-state index contributed by atoms with van der Waals surface area (Å²) in [6.07, 6.45) is -0.466. The predicted octanol–water partition coefficient (Wildman–Crippen LogP) is 6.24. The Morgan fingerprint density at radius 2 is 1.38 bits per heavy atom. The van der Waals surface area contributed by atoms with Crippen molar-refractivity contribution in [2.24, 2.45) is 5.92 Å². The number of amides is 3. The van der Waals surface area contributed by atoms with Gasteiger partial charge in [0.2, 0.25) is 11.8 Å². The molecule has 0 aromatic heterocycles. The van der Waals surface area contributed by atoms with Crippen molar-refractivity contribution in [3.8, 4) is 0 Å². The molecule has 0 fully saturated rings. The third-order valence-electron chi connectivity index (χ3n) is 7.37. The molecule has 0 bridgehead atoms. The number of hydrogen-bond donors (Lipinski definition) is 4. The van der Waals surface area contributed by atoms with Crippen molar-refractivity contribution in [2.45, 2.75) is 143 Å². The fourth-order valence-electron chi connectivity index (χ4n) is 4.26. The predicted molar refractivity (Wildman–Crippen MR) is 188 cm³/mol. The molecular formula is C35H60N4O7Si. The zero-order chi connectivity index (χ0) is 36.4. The number of carbonyl (C=O) groups excluding carboxylic acids is 4. The first-order valence-electron chi connectivity index (χ1n) is 16.4. The van der Waals surface area contributed by atoms with Crippen LogP contribution in [0.4, 0.5) is 4.79 Å². The molecule has 266 valence electrons. The van der Waals surface area contributed by atoms with E-state index in [1.807, 2.05) is 13.8 Å². The SMILES string of the molecule is CC(C)CC(=O)N[C@H](CC(=O)OC(C)(C)C)C[C@@H](CNC(=O)Cc1ccc(C(=N)NC(=O)OC(C)(C)C)cc1)O[Si](C)(C)C(C)(C)C. The monoisotopic (exact) mass is 676 g/mol. The minimum absolute atomic E-state index is 0.0173. The van der Waals surface area contributed by atoms with Crippen LogP contribution in [0.3, 0.4) is 0 Å². The molecule has 47 heavy (non-hydrogen) atoms. The standard InChI is InChI=1S/C35H60N4O7Si/c1-23(2)18-29(41)38-26(21-30(42)44-33(3,4)5)20-27(46-47(12,13)35(9,10)11)22-37-28(40)19-24-14-16-25(17-15-24)31(36)39-32(43)45-34(6,7)8/h14-17,23,26-27H,18-22H2,1-13H3,(H,37,40)(H,38,41)(H2,36,39,43)/t26-,27-/m0/s1. The Balaban J connectivity index is 3.06. The first-order chi connectivity index (χ1) is 21.3. The van der Waals surface area contributed by atoms with E-state index < -0.39 is 43.7 Å². The molecule has 0 saturated carbocycles. The average molecular weight is 677 g/mol. The van der Waals surface area contributed by atoms with Crippen molar-refractivity contribution in [1.82, 2.24) is 16.0 Å². The lowest BCUT2D eigenvalue weighted by Gasteiger charge is -2.40. The van der Waals surface area contributed by atoms with Crippen LogP contribution in [0.15, 0.2) is 24.3 Å². The molecule has 12 heteroatoms. The van der Waals surface area contributed by atoms with Crippen molar-refractivity contribution in [2.75, 3.05) is 6.54 Å². The van der Waals surface area contributed by atoms with Crippen LogP contribution in [0, 0.1) is 11.3 Å². The highest BCUT2D eigenvalue weighted by molar-refractivity contribution is 6.74. The first kappa shape index (κ1) is 41.8. The van der Waals surface area contributed by atoms with Crippen molar-refractivity contribution in [3.63, 3.8) is 0 Å². The van der Waals surface area contributed by atoms with Gasteiger partial charge in [0.05, 0.1) is 18.9 Å². The third-order valence-corrected chi connectivity index (χ3v) is 11.9. The lowest BCUT2D eigenvalue weighted by atomic mass is 10.0. The molecule has 11 nitrogen and oxygen atoms in total. The van der Waals surface area contributed by atoms with Crippen LogP contribution in [0.25, 0.3) is 0 Å². The number of benzene rings is 1. The number of alkyl carbamates (subject to hydrolysis) is 1. The molecule has 1 aromatic carbocycles. The van der Waals surface area contributed by atoms with Gasteiger partial charge in [0.25, 0.3) is 0 Å². The minimum Gasteiger partial charge on any atom is -0.460 e. The van der Waals surface area contributed by atoms with Crippen LogP contribution in [-0.4, -0.2) is 67.9 Å². The van der Waals surface area contributed by atoms with Crippen LogP contribution in [0.5, 0.6) is 0 Å². The number of nitrogens with one attached hydrogen (secondary N) is 4. The van der Waals surface area contributed by atoms with Gasteiger partial charge >= 0.3 is 12.1 Å². The molecule has 0 heterocycles. The van der Waals surface area contributed by atoms with E-state index in [2.05, 4.69) is 49.8 Å². The maximum Gasteiger partial charge on any atom is 0.413 e. The quantitative estimate of drug-likeness (QED) is 0.0787. The molecule has 2 atom stereocenters. The van der Waals surface area contributed by atoms with E-state index in [9.17, 15) is 19.2 Å². The van der Waals surface area contributed by atoms with E-state index in [0.29, 0.717) is 18.4 Å². The fourth-order valence-corrected chi connectivity index (χ4v) is 5.63. The lowest BCUT2D eigenvalue weighted by molar-refractivity contribution is -0.155. The van der Waals surface area contributed by atoms with Gasteiger partial charge in [-0.1, -0.05) is 58.9 Å². The van der Waals surface area contributed by atoms with Gasteiger partial charge in [-0.15, -0.1) is 0 Å². The van der Waals surface area contributed by atoms with Crippen LogP contribution in [-0.2, 0) is 34.7 Å². The summed E-state index contributed by atoms with van der Waals surface area (Å²) >= 11 is 0. The largest absolute Gasteiger partial charge is 0.460 e. The minimum atomic E-state index is -2.31. The highest BCUT2D eigenvalue weighted by atomic mass is 28.4. The molecule has 0 aliphatic carbocycles. The van der Waals surface area contributed by atoms with E-state index >= 15 is 0 Å². The van der Waals surface area contributed by atoms with E-state index in [4.69, 9.17) is 19.3 Å². The Kier molecular flexibility index (Phi) is 15.3. The third kappa shape index (κ3) is 17.5. The summed E-state index contributed by atoms with van der Waals surface area (Å²) in [5, 5.41) is 16.5. The smallest absolute Gasteiger partial charge is 0.413 e. The Morgan fingerprint density at radius 1 is 0.830 bits per heavy atom. The lowest BCUT2D eigenvalue weighted by Crippen LogP contribution is -2.50. The van der Waals surface area contributed by atoms with Gasteiger partial charge in [-0.05, 0) is 77.6 Å². The Bertz CT molecular complexity index is 1230. The molecule has 0 spiro atoms. The van der Waals surface area contributed by atoms with Gasteiger partial charge in [0.1, 0.15) is 17.0 Å². The van der Waals surface area contributed by atoms with E-state index in [1.165, 1.54) is 0 Å². The summed E-state index contributed by atoms with van der Waals surface area (Å²) < 4.78 is 17.5. The second kappa shape index (κ2) is 17.2. The molecule has 0 aliphatic heterocycles. The maximum atomic E-state index is 13.1. The number of amidine groups is 1. The van der Waals surface area contributed by atoms with Crippen LogP contribution in [0.2, 0.25) is 18.1 Å². The number of esters is 1. The van der Waals surface area contributed by atoms with Crippen molar-refractivity contribution < 1.29 is 33.1 Å². The van der Waals surface area contributed by atoms with Crippen molar-refractivity contribution >= 4 is 38.0 Å². The molecule has 0 unspecified atom stereocenters. The Labute approximate surface area is 283 Å². The highest BCUT2D eigenvalue weighted by Gasteiger charge is 2.40. The fraction of sp³-hybridized carbons (Fsp3) is 0.686. The summed E-state index contributed by atoms with van der Waals surface area (Å²) in [5.74, 6) is -0.753. The summed E-state index contributed by atoms with van der Waals surface area (Å²) in [7, 11) is -2.31. The summed E-state index contributed by atoms with van der Waals surface area (Å²) in [4.78, 5) is 50.7. The van der Waals surface area contributed by atoms with Crippen molar-refractivity contribution in [3.05, 3.63) is 35.4 Å². The first-order valence-corrected chi connectivity index (χ1v) is 19.3. The van der Waals surface area contributed by atoms with Gasteiger partial charge < -0.3 is 24.5 Å². The van der Waals surface area contributed by atoms with Gasteiger partial charge in [0, 0.05) is 24.6 Å². The second-order valence-electron chi connectivity index (χ2n) is 16.1. The Morgan fingerprint density at radius 3 is 1.87 bits per heavy atom. The van der Waals surface area contributed by atoms with E-state index in [1.54, 1.807) is 65.8 Å². The van der Waals surface area contributed by atoms with E-state index in [-0.39, 0.29) is 48.0 Å². The highest BCUT2D eigenvalue weighted by Crippen LogP contribution is 2.37.